The van der Waals surface area contributed by atoms with E-state index in [0.29, 0.717) is 0 Å². The largest absolute Gasteiger partial charge is 0.326 e. The maximum atomic E-state index is 6.16. The molecule has 0 aromatic carbocycles. The van der Waals surface area contributed by atoms with Gasteiger partial charge in [0, 0.05) is 12.6 Å². The number of nitrogens with zero attached hydrogens (tertiary/aromatic N) is 3. The van der Waals surface area contributed by atoms with Crippen molar-refractivity contribution in [1.29, 1.82) is 0 Å². The normalized spacial score (nSPS) is 26.2. The molecule has 1 aliphatic rings. The van der Waals surface area contributed by atoms with Gasteiger partial charge in [0.25, 0.3) is 0 Å². The third kappa shape index (κ3) is 2.23. The smallest absolute Gasteiger partial charge is 0.0818 e. The molecular weight excluding hydrogens is 200 g/mol. The Morgan fingerprint density at radius 2 is 2.25 bits per heavy atom. The number of hydrogen-bond acceptors (Lipinski definition) is 4. The van der Waals surface area contributed by atoms with Gasteiger partial charge >= 0.3 is 0 Å². The highest BCUT2D eigenvalue weighted by Gasteiger charge is 2.33. The fourth-order valence-corrected chi connectivity index (χ4v) is 2.39. The molecule has 1 aromatic heterocycles. The molecule has 16 heavy (non-hydrogen) atoms. The van der Waals surface area contributed by atoms with Crippen molar-refractivity contribution in [2.45, 2.75) is 38.8 Å². The lowest BCUT2D eigenvalue weighted by Crippen LogP contribution is -2.33. The van der Waals surface area contributed by atoms with Gasteiger partial charge in [-0.1, -0.05) is 6.92 Å². The lowest BCUT2D eigenvalue weighted by atomic mass is 10.1. The Labute approximate surface area is 96.9 Å². The zero-order valence-electron chi connectivity index (χ0n) is 10.1. The second-order valence-corrected chi connectivity index (χ2v) is 4.53. The summed E-state index contributed by atoms with van der Waals surface area (Å²) in [5.74, 6) is 0. The van der Waals surface area contributed by atoms with Crippen LogP contribution in [0.2, 0.25) is 0 Å². The third-order valence-electron chi connectivity index (χ3n) is 3.18. The van der Waals surface area contributed by atoms with E-state index in [-0.39, 0.29) is 12.1 Å². The summed E-state index contributed by atoms with van der Waals surface area (Å²) in [5, 5.41) is 8.39. The molecule has 0 amide bonds. The number of aromatic nitrogens is 2. The van der Waals surface area contributed by atoms with Gasteiger partial charge in [-0.25, -0.2) is 0 Å². The Balaban J connectivity index is 2.19. The van der Waals surface area contributed by atoms with Gasteiger partial charge < -0.3 is 5.73 Å². The van der Waals surface area contributed by atoms with Crippen LogP contribution >= 0.6 is 0 Å². The van der Waals surface area contributed by atoms with E-state index in [4.69, 9.17) is 5.73 Å². The van der Waals surface area contributed by atoms with E-state index in [1.807, 2.05) is 13.0 Å². The van der Waals surface area contributed by atoms with E-state index in [9.17, 15) is 0 Å². The summed E-state index contributed by atoms with van der Waals surface area (Å²) < 4.78 is 0. The molecule has 1 saturated heterocycles. The zero-order valence-corrected chi connectivity index (χ0v) is 10.1. The predicted octanol–water partition coefficient (Wildman–Crippen LogP) is 1.27. The van der Waals surface area contributed by atoms with Gasteiger partial charge in [-0.15, -0.1) is 0 Å². The molecule has 4 nitrogen and oxygen atoms in total. The van der Waals surface area contributed by atoms with Crippen molar-refractivity contribution in [2.24, 2.45) is 5.73 Å². The molecule has 0 aliphatic carbocycles. The van der Waals surface area contributed by atoms with Crippen molar-refractivity contribution in [2.75, 3.05) is 13.1 Å². The molecule has 2 N–H and O–H groups in total. The molecule has 1 aromatic rings. The SMILES string of the molecule is CCCN1CC[C@@H](N)[C@@H]1c1ccc(C)nn1. The highest BCUT2D eigenvalue weighted by molar-refractivity contribution is 5.14. The summed E-state index contributed by atoms with van der Waals surface area (Å²) in [6.45, 7) is 6.32. The summed E-state index contributed by atoms with van der Waals surface area (Å²) in [6.07, 6.45) is 2.21. The van der Waals surface area contributed by atoms with E-state index in [1.165, 1.54) is 0 Å². The van der Waals surface area contributed by atoms with Crippen LogP contribution in [0.3, 0.4) is 0 Å². The van der Waals surface area contributed by atoms with Crippen molar-refractivity contribution >= 4 is 0 Å². The molecule has 2 rings (SSSR count). The van der Waals surface area contributed by atoms with Crippen LogP contribution in [-0.2, 0) is 0 Å². The second-order valence-electron chi connectivity index (χ2n) is 4.53. The molecule has 4 heteroatoms. The summed E-state index contributed by atoms with van der Waals surface area (Å²) in [6, 6.07) is 4.52. The molecule has 1 fully saturated rings. The van der Waals surface area contributed by atoms with Crippen LogP contribution in [-0.4, -0.2) is 34.2 Å². The Morgan fingerprint density at radius 1 is 1.44 bits per heavy atom. The third-order valence-corrected chi connectivity index (χ3v) is 3.18. The fraction of sp³-hybridized carbons (Fsp3) is 0.667. The number of likely N-dealkylation sites (tertiary alicyclic amines) is 1. The van der Waals surface area contributed by atoms with E-state index in [2.05, 4.69) is 28.1 Å². The first-order valence-electron chi connectivity index (χ1n) is 6.02. The van der Waals surface area contributed by atoms with Gasteiger partial charge in [0.2, 0.25) is 0 Å². The first-order chi connectivity index (χ1) is 7.72. The van der Waals surface area contributed by atoms with Crippen molar-refractivity contribution in [3.63, 3.8) is 0 Å². The van der Waals surface area contributed by atoms with Crippen molar-refractivity contribution in [3.8, 4) is 0 Å². The number of rotatable bonds is 3. The van der Waals surface area contributed by atoms with Crippen LogP contribution in [0.4, 0.5) is 0 Å². The topological polar surface area (TPSA) is 55.0 Å². The van der Waals surface area contributed by atoms with Gasteiger partial charge in [-0.05, 0) is 38.4 Å². The highest BCUT2D eigenvalue weighted by atomic mass is 15.2. The Kier molecular flexibility index (Phi) is 3.51. The average molecular weight is 220 g/mol. The lowest BCUT2D eigenvalue weighted by Gasteiger charge is -2.25. The first kappa shape index (κ1) is 11.5. The predicted molar refractivity (Wildman–Crippen MR) is 64.0 cm³/mol. The fourth-order valence-electron chi connectivity index (χ4n) is 2.39. The van der Waals surface area contributed by atoms with Crippen LogP contribution in [0.5, 0.6) is 0 Å². The second kappa shape index (κ2) is 4.89. The highest BCUT2D eigenvalue weighted by Crippen LogP contribution is 2.29. The summed E-state index contributed by atoms with van der Waals surface area (Å²) in [5.41, 5.74) is 8.13. The Hall–Kier alpha value is -1.00. The summed E-state index contributed by atoms with van der Waals surface area (Å²) in [4.78, 5) is 2.42. The van der Waals surface area contributed by atoms with Crippen LogP contribution < -0.4 is 5.73 Å². The molecule has 0 spiro atoms. The van der Waals surface area contributed by atoms with Crippen LogP contribution in [0.1, 0.15) is 37.2 Å². The summed E-state index contributed by atoms with van der Waals surface area (Å²) in [7, 11) is 0. The van der Waals surface area contributed by atoms with Crippen molar-refractivity contribution in [3.05, 3.63) is 23.5 Å². The molecular formula is C12H20N4. The molecule has 2 atom stereocenters. The van der Waals surface area contributed by atoms with E-state index < -0.39 is 0 Å². The lowest BCUT2D eigenvalue weighted by molar-refractivity contribution is 0.242. The molecule has 0 bridgehead atoms. The molecule has 2 heterocycles. The van der Waals surface area contributed by atoms with Gasteiger partial charge in [0.15, 0.2) is 0 Å². The molecule has 1 aliphatic heterocycles. The molecule has 88 valence electrons. The number of nitrogens with two attached hydrogens (primary N) is 1. The van der Waals surface area contributed by atoms with Crippen LogP contribution in [0.25, 0.3) is 0 Å². The maximum absolute atomic E-state index is 6.16. The van der Waals surface area contributed by atoms with Crippen LogP contribution in [0, 0.1) is 6.92 Å². The zero-order chi connectivity index (χ0) is 11.5. The van der Waals surface area contributed by atoms with Crippen molar-refractivity contribution < 1.29 is 0 Å². The van der Waals surface area contributed by atoms with Gasteiger partial charge in [0.1, 0.15) is 0 Å². The molecule has 0 unspecified atom stereocenters. The van der Waals surface area contributed by atoms with Gasteiger partial charge in [-0.3, -0.25) is 4.90 Å². The average Bonchev–Trinajstić information content (AvgIpc) is 2.62. The van der Waals surface area contributed by atoms with E-state index >= 15 is 0 Å². The van der Waals surface area contributed by atoms with Crippen molar-refractivity contribution in [1.82, 2.24) is 15.1 Å². The minimum Gasteiger partial charge on any atom is -0.326 e. The van der Waals surface area contributed by atoms with Gasteiger partial charge in [-0.2, -0.15) is 10.2 Å². The number of hydrogen-bond donors (Lipinski definition) is 1. The number of aryl methyl sites for hydroxylation is 1. The monoisotopic (exact) mass is 220 g/mol. The maximum Gasteiger partial charge on any atom is 0.0818 e. The Morgan fingerprint density at radius 3 is 2.88 bits per heavy atom. The molecule has 0 radical (unpaired) electrons. The minimum absolute atomic E-state index is 0.198. The first-order valence-corrected chi connectivity index (χ1v) is 6.02. The standard InChI is InChI=1S/C12H20N4/c1-3-7-16-8-6-10(13)12(16)11-5-4-9(2)14-15-11/h4-5,10,12H,3,6-8,13H2,1-2H3/t10-,12-/m1/s1. The van der Waals surface area contributed by atoms with E-state index in [0.717, 1.165) is 37.3 Å². The van der Waals surface area contributed by atoms with Crippen LogP contribution in [0.15, 0.2) is 12.1 Å². The summed E-state index contributed by atoms with van der Waals surface area (Å²) >= 11 is 0. The quantitative estimate of drug-likeness (QED) is 0.833. The van der Waals surface area contributed by atoms with Gasteiger partial charge in [0.05, 0.1) is 17.4 Å². The Bertz CT molecular complexity index is 333. The van der Waals surface area contributed by atoms with E-state index in [1.54, 1.807) is 0 Å². The minimum atomic E-state index is 0.198. The molecule has 0 saturated carbocycles.